The molecule has 7 heteroatoms. The van der Waals surface area contributed by atoms with Gasteiger partial charge in [0, 0.05) is 17.6 Å². The van der Waals surface area contributed by atoms with E-state index in [2.05, 4.69) is 22.2 Å². The second kappa shape index (κ2) is 8.02. The van der Waals surface area contributed by atoms with Crippen molar-refractivity contribution >= 4 is 22.3 Å². The first-order valence-electron chi connectivity index (χ1n) is 7.95. The van der Waals surface area contributed by atoms with Gasteiger partial charge in [0.25, 0.3) is 0 Å². The van der Waals surface area contributed by atoms with Crippen molar-refractivity contribution in [3.8, 4) is 11.5 Å². The summed E-state index contributed by atoms with van der Waals surface area (Å²) in [7, 11) is 0. The Morgan fingerprint density at radius 3 is 2.76 bits per heavy atom. The Bertz CT molecular complexity index is 834. The summed E-state index contributed by atoms with van der Waals surface area (Å²) in [6.45, 7) is 2.14. The minimum absolute atomic E-state index is 0.282. The fraction of sp³-hybridized carbons (Fsp3) is 0.222. The molecule has 0 bridgehead atoms. The predicted octanol–water partition coefficient (Wildman–Crippen LogP) is 5.69. The topological polar surface area (TPSA) is 47.0 Å². The first kappa shape index (κ1) is 17.3. The molecule has 3 rings (SSSR count). The summed E-state index contributed by atoms with van der Waals surface area (Å²) in [5.41, 5.74) is 1.04. The van der Waals surface area contributed by atoms with Gasteiger partial charge in [-0.25, -0.2) is 18.7 Å². The average molecular weight is 361 g/mol. The van der Waals surface area contributed by atoms with E-state index < -0.39 is 17.4 Å². The number of hydrogen-bond acceptors (Lipinski definition) is 5. The van der Waals surface area contributed by atoms with Gasteiger partial charge in [-0.2, -0.15) is 0 Å². The molecule has 0 aliphatic carbocycles. The highest BCUT2D eigenvalue weighted by atomic mass is 32.1. The highest BCUT2D eigenvalue weighted by Gasteiger charge is 2.11. The number of hydrogen-bond donors (Lipinski definition) is 1. The fourth-order valence-electron chi connectivity index (χ4n) is 2.19. The number of unbranched alkanes of at least 4 members (excludes halogenated alkanes) is 1. The van der Waals surface area contributed by atoms with Gasteiger partial charge < -0.3 is 10.1 Å². The molecule has 2 heterocycles. The lowest BCUT2D eigenvalue weighted by Crippen LogP contribution is -1.96. The normalized spacial score (nSPS) is 10.7. The number of para-hydroxylation sites is 1. The van der Waals surface area contributed by atoms with Crippen molar-refractivity contribution < 1.29 is 13.5 Å². The molecule has 0 fully saturated rings. The molecule has 0 atom stereocenters. The van der Waals surface area contributed by atoms with E-state index in [1.54, 1.807) is 6.07 Å². The molecule has 2 aromatic heterocycles. The molecule has 0 aliphatic rings. The van der Waals surface area contributed by atoms with Crippen LogP contribution in [-0.2, 0) is 6.42 Å². The summed E-state index contributed by atoms with van der Waals surface area (Å²) in [5, 5.41) is 5.81. The van der Waals surface area contributed by atoms with Crippen molar-refractivity contribution in [2.75, 3.05) is 5.32 Å². The van der Waals surface area contributed by atoms with Crippen LogP contribution >= 0.6 is 11.3 Å². The number of anilines is 2. The number of ether oxygens (including phenoxy) is 1. The zero-order valence-electron chi connectivity index (χ0n) is 13.6. The monoisotopic (exact) mass is 361 g/mol. The number of nitrogens with zero attached hydrogens (tertiary/aromatic N) is 2. The third kappa shape index (κ3) is 4.51. The van der Waals surface area contributed by atoms with Crippen molar-refractivity contribution in [2.45, 2.75) is 26.2 Å². The Morgan fingerprint density at radius 1 is 1.20 bits per heavy atom. The lowest BCUT2D eigenvalue weighted by atomic mass is 10.2. The van der Waals surface area contributed by atoms with Crippen LogP contribution in [0.25, 0.3) is 0 Å². The summed E-state index contributed by atoms with van der Waals surface area (Å²) in [6.07, 6.45) is 4.66. The van der Waals surface area contributed by atoms with Gasteiger partial charge in [-0.1, -0.05) is 19.4 Å². The summed E-state index contributed by atoms with van der Waals surface area (Å²) >= 11 is 1.49. The highest BCUT2D eigenvalue weighted by Crippen LogP contribution is 2.29. The molecule has 1 N–H and O–H groups in total. The van der Waals surface area contributed by atoms with Gasteiger partial charge in [-0.05, 0) is 31.0 Å². The summed E-state index contributed by atoms with van der Waals surface area (Å²) in [6, 6.07) is 6.68. The van der Waals surface area contributed by atoms with Gasteiger partial charge in [0.15, 0.2) is 22.5 Å². The van der Waals surface area contributed by atoms with Gasteiger partial charge in [0.05, 0.1) is 5.69 Å². The van der Waals surface area contributed by atoms with Gasteiger partial charge >= 0.3 is 0 Å². The molecule has 3 aromatic rings. The third-order valence-corrected chi connectivity index (χ3v) is 4.25. The van der Waals surface area contributed by atoms with E-state index in [-0.39, 0.29) is 5.75 Å². The highest BCUT2D eigenvalue weighted by molar-refractivity contribution is 7.13. The van der Waals surface area contributed by atoms with Gasteiger partial charge in [-0.15, -0.1) is 11.3 Å². The maximum absolute atomic E-state index is 13.7. The summed E-state index contributed by atoms with van der Waals surface area (Å²) in [4.78, 5) is 8.67. The SMILES string of the molecule is CCCCc1csc(Nc2cc(Oc3c(F)cccc3F)ccn2)n1. The maximum Gasteiger partial charge on any atom is 0.198 e. The molecule has 0 saturated heterocycles. The van der Waals surface area contributed by atoms with Crippen molar-refractivity contribution in [3.05, 3.63) is 59.2 Å². The van der Waals surface area contributed by atoms with Crippen LogP contribution in [0.2, 0.25) is 0 Å². The van der Waals surface area contributed by atoms with Crippen LogP contribution in [-0.4, -0.2) is 9.97 Å². The first-order chi connectivity index (χ1) is 12.2. The second-order valence-corrected chi connectivity index (χ2v) is 6.26. The average Bonchev–Trinajstić information content (AvgIpc) is 3.04. The van der Waals surface area contributed by atoms with E-state index in [4.69, 9.17) is 4.74 Å². The molecular weight excluding hydrogens is 344 g/mol. The Labute approximate surface area is 148 Å². The number of aryl methyl sites for hydroxylation is 1. The van der Waals surface area contributed by atoms with E-state index >= 15 is 0 Å². The molecule has 0 radical (unpaired) electrons. The molecule has 0 saturated carbocycles. The van der Waals surface area contributed by atoms with Crippen LogP contribution in [0.1, 0.15) is 25.5 Å². The Kier molecular flexibility index (Phi) is 5.55. The predicted molar refractivity (Wildman–Crippen MR) is 94.7 cm³/mol. The minimum Gasteiger partial charge on any atom is -0.451 e. The Balaban J connectivity index is 1.72. The van der Waals surface area contributed by atoms with Gasteiger partial charge in [-0.3, -0.25) is 0 Å². The molecule has 0 unspecified atom stereocenters. The zero-order chi connectivity index (χ0) is 17.6. The molecular formula is C18H17F2N3OS. The number of pyridine rings is 1. The van der Waals surface area contributed by atoms with E-state index in [0.29, 0.717) is 10.9 Å². The molecule has 1 aromatic carbocycles. The Morgan fingerprint density at radius 2 is 2.00 bits per heavy atom. The maximum atomic E-state index is 13.7. The van der Waals surface area contributed by atoms with Gasteiger partial charge in [0.1, 0.15) is 11.6 Å². The summed E-state index contributed by atoms with van der Waals surface area (Å²) in [5.74, 6) is -1.18. The van der Waals surface area contributed by atoms with Crippen LogP contribution in [0.15, 0.2) is 41.9 Å². The van der Waals surface area contributed by atoms with Crippen molar-refractivity contribution in [1.29, 1.82) is 0 Å². The number of rotatable bonds is 7. The van der Waals surface area contributed by atoms with E-state index in [1.807, 2.05) is 5.38 Å². The quantitative estimate of drug-likeness (QED) is 0.587. The largest absolute Gasteiger partial charge is 0.451 e. The number of nitrogens with one attached hydrogen (secondary N) is 1. The van der Waals surface area contributed by atoms with E-state index in [1.165, 1.54) is 29.7 Å². The smallest absolute Gasteiger partial charge is 0.198 e. The van der Waals surface area contributed by atoms with Crippen molar-refractivity contribution in [2.24, 2.45) is 0 Å². The molecule has 0 amide bonds. The van der Waals surface area contributed by atoms with Crippen LogP contribution < -0.4 is 10.1 Å². The number of benzene rings is 1. The minimum atomic E-state index is -0.758. The fourth-order valence-corrected chi connectivity index (χ4v) is 2.94. The first-order valence-corrected chi connectivity index (χ1v) is 8.83. The molecule has 0 spiro atoms. The van der Waals surface area contributed by atoms with Crippen molar-refractivity contribution in [1.82, 2.24) is 9.97 Å². The van der Waals surface area contributed by atoms with Crippen LogP contribution in [0, 0.1) is 11.6 Å². The number of thiazole rings is 1. The van der Waals surface area contributed by atoms with E-state index in [0.717, 1.165) is 37.1 Å². The third-order valence-electron chi connectivity index (χ3n) is 3.44. The molecule has 0 aliphatic heterocycles. The van der Waals surface area contributed by atoms with E-state index in [9.17, 15) is 8.78 Å². The van der Waals surface area contributed by atoms with Crippen LogP contribution in [0.4, 0.5) is 19.7 Å². The Hall–Kier alpha value is -2.54. The summed E-state index contributed by atoms with van der Waals surface area (Å²) < 4.78 is 32.7. The van der Waals surface area contributed by atoms with Crippen LogP contribution in [0.3, 0.4) is 0 Å². The van der Waals surface area contributed by atoms with Crippen molar-refractivity contribution in [3.63, 3.8) is 0 Å². The zero-order valence-corrected chi connectivity index (χ0v) is 14.4. The molecule has 130 valence electrons. The number of halogens is 2. The standard InChI is InChI=1S/C18H17F2N3OS/c1-2-3-5-12-11-25-18(22-12)23-16-10-13(8-9-21-16)24-17-14(19)6-4-7-15(17)20/h4,6-11H,2-3,5H2,1H3,(H,21,22,23). The van der Waals surface area contributed by atoms with Crippen LogP contribution in [0.5, 0.6) is 11.5 Å². The lowest BCUT2D eigenvalue weighted by Gasteiger charge is -2.09. The second-order valence-electron chi connectivity index (χ2n) is 5.40. The number of aromatic nitrogens is 2. The molecule has 25 heavy (non-hydrogen) atoms. The van der Waals surface area contributed by atoms with Gasteiger partial charge in [0.2, 0.25) is 0 Å². The lowest BCUT2D eigenvalue weighted by molar-refractivity contribution is 0.407. The molecule has 4 nitrogen and oxygen atoms in total.